The van der Waals surface area contributed by atoms with Gasteiger partial charge in [-0.25, -0.2) is 15.1 Å². The van der Waals surface area contributed by atoms with Crippen molar-refractivity contribution in [2.75, 3.05) is 0 Å². The molecule has 0 radical (unpaired) electrons. The molecule has 4 aromatic rings. The number of hydrogen-bond acceptors (Lipinski definition) is 7. The first-order valence-corrected chi connectivity index (χ1v) is 17.8. The third kappa shape index (κ3) is 11.2. The SMILES string of the molecule is CC(O)c1cc2ccccc2s1.CC(c1cc2ccccc2s1)N(O)C(N)=O.I.II.NC(=O)NO. The number of halogens is 3. The molecule has 9 nitrogen and oxygen atoms in total. The number of rotatable bonds is 3. The Morgan fingerprint density at radius 3 is 1.67 bits per heavy atom. The molecule has 0 aliphatic rings. The highest BCUT2D eigenvalue weighted by Gasteiger charge is 2.19. The van der Waals surface area contributed by atoms with Crippen molar-refractivity contribution in [3.63, 3.8) is 0 Å². The summed E-state index contributed by atoms with van der Waals surface area (Å²) in [5.41, 5.74) is 10.5. The highest BCUT2D eigenvalue weighted by atomic mass is 128. The number of nitrogens with two attached hydrogens (primary N) is 2. The number of hydrogen-bond donors (Lipinski definition) is 6. The Labute approximate surface area is 257 Å². The van der Waals surface area contributed by atoms with Gasteiger partial charge in [0.05, 0.1) is 12.1 Å². The molecule has 2 unspecified atom stereocenters. The number of benzene rings is 2. The average molecular weight is 872 g/mol. The van der Waals surface area contributed by atoms with Crippen molar-refractivity contribution < 1.29 is 25.1 Å². The van der Waals surface area contributed by atoms with Crippen LogP contribution in [0.15, 0.2) is 60.7 Å². The molecule has 0 saturated carbocycles. The molecule has 0 bridgehead atoms. The second-order valence-corrected chi connectivity index (χ2v) is 9.11. The molecule has 36 heavy (non-hydrogen) atoms. The standard InChI is InChI=1S/C11H12N2O2S.C10H10OS.CH4N2O2.I2.HI/c1-7(13(15)11(12)14)10-6-8-4-2-3-5-9(8)16-10;1-7(11)10-6-8-4-2-3-5-9(8)12-10;2-1(4)3-5;1-2;/h2-7,15H,1H3,(H2,12,14);2-7,11H,1H3;5H,(H3,2,3,4);;1H. The van der Waals surface area contributed by atoms with Crippen LogP contribution < -0.4 is 16.9 Å². The number of primary amides is 2. The number of aliphatic hydroxyl groups is 1. The zero-order valence-electron chi connectivity index (χ0n) is 19.2. The summed E-state index contributed by atoms with van der Waals surface area (Å²) >= 11 is 7.44. The van der Waals surface area contributed by atoms with E-state index in [0.717, 1.165) is 19.8 Å². The monoisotopic (exact) mass is 872 g/mol. The number of nitrogens with one attached hydrogen (secondary N) is 1. The smallest absolute Gasteiger partial charge is 0.339 e. The maximum Gasteiger partial charge on any atom is 0.339 e. The van der Waals surface area contributed by atoms with Gasteiger partial charge in [-0.1, -0.05) is 36.4 Å². The number of fused-ring (bicyclic) bond motifs is 2. The first-order valence-electron chi connectivity index (χ1n) is 9.90. The van der Waals surface area contributed by atoms with Crippen molar-refractivity contribution in [1.82, 2.24) is 10.5 Å². The molecule has 4 amide bonds. The van der Waals surface area contributed by atoms with Gasteiger partial charge in [0.2, 0.25) is 0 Å². The summed E-state index contributed by atoms with van der Waals surface area (Å²) in [4.78, 5) is 22.0. The summed E-state index contributed by atoms with van der Waals surface area (Å²) in [5, 5.41) is 29.1. The minimum Gasteiger partial charge on any atom is -0.388 e. The normalized spacial score (nSPS) is 11.2. The lowest BCUT2D eigenvalue weighted by Crippen LogP contribution is -2.34. The van der Waals surface area contributed by atoms with Crippen molar-refractivity contribution in [1.29, 1.82) is 0 Å². The zero-order chi connectivity index (χ0) is 26.5. The van der Waals surface area contributed by atoms with E-state index < -0.39 is 18.1 Å². The maximum atomic E-state index is 10.8. The van der Waals surface area contributed by atoms with Crippen LogP contribution in [0.2, 0.25) is 0 Å². The Morgan fingerprint density at radius 2 is 1.31 bits per heavy atom. The highest BCUT2D eigenvalue weighted by Crippen LogP contribution is 2.32. The van der Waals surface area contributed by atoms with Crippen molar-refractivity contribution in [2.45, 2.75) is 26.0 Å². The van der Waals surface area contributed by atoms with Gasteiger partial charge in [0.15, 0.2) is 0 Å². The van der Waals surface area contributed by atoms with Gasteiger partial charge >= 0.3 is 12.1 Å². The number of thiophene rings is 2. The Balaban J connectivity index is 0.000000543. The number of nitrogens with zero attached hydrogens (tertiary/aromatic N) is 1. The van der Waals surface area contributed by atoms with E-state index >= 15 is 0 Å². The van der Waals surface area contributed by atoms with Gasteiger partial charge < -0.3 is 16.6 Å². The molecular weight excluding hydrogens is 845 g/mol. The molecule has 2 aromatic carbocycles. The van der Waals surface area contributed by atoms with Gasteiger partial charge in [-0.05, 0) is 48.9 Å². The van der Waals surface area contributed by atoms with Crippen LogP contribution in [-0.2, 0) is 0 Å². The Kier molecular flexibility index (Phi) is 17.7. The Bertz CT molecular complexity index is 1160. The number of carbonyl (C=O) groups is 2. The number of aliphatic hydroxyl groups excluding tert-OH is 1. The summed E-state index contributed by atoms with van der Waals surface area (Å²) in [5.74, 6) is 0. The van der Waals surface area contributed by atoms with E-state index in [1.165, 1.54) is 15.6 Å². The van der Waals surface area contributed by atoms with E-state index in [1.807, 2.05) is 48.5 Å². The fourth-order valence-electron chi connectivity index (χ4n) is 2.73. The van der Waals surface area contributed by atoms with E-state index in [9.17, 15) is 19.9 Å². The van der Waals surface area contributed by atoms with Gasteiger partial charge in [-0.3, -0.25) is 10.4 Å². The molecule has 0 fully saturated rings. The summed E-state index contributed by atoms with van der Waals surface area (Å²) < 4.78 is 2.37. The van der Waals surface area contributed by atoms with Crippen LogP contribution in [0.5, 0.6) is 0 Å². The van der Waals surface area contributed by atoms with Crippen molar-refractivity contribution in [3.8, 4) is 0 Å². The Morgan fingerprint density at radius 1 is 0.917 bits per heavy atom. The molecule has 2 heterocycles. The van der Waals surface area contributed by atoms with Crippen molar-refractivity contribution in [2.24, 2.45) is 11.5 Å². The second-order valence-electron chi connectivity index (χ2n) is 6.88. The highest BCUT2D eigenvalue weighted by molar-refractivity contribution is 15.0. The fraction of sp³-hybridized carbons (Fsp3) is 0.182. The topological polar surface area (TPSA) is 162 Å². The lowest BCUT2D eigenvalue weighted by atomic mass is 10.2. The van der Waals surface area contributed by atoms with Crippen LogP contribution >= 0.6 is 83.9 Å². The Hall–Kier alpha value is -1.03. The van der Waals surface area contributed by atoms with E-state index in [-0.39, 0.29) is 30.1 Å². The molecule has 198 valence electrons. The summed E-state index contributed by atoms with van der Waals surface area (Å²) in [6, 6.07) is 17.9. The molecular formula is C22H27I3N4O5S2. The first kappa shape index (κ1) is 35.0. The first-order chi connectivity index (χ1) is 16.6. The zero-order valence-corrected chi connectivity index (χ0v) is 27.4. The van der Waals surface area contributed by atoms with E-state index in [0.29, 0.717) is 5.06 Å². The minimum absolute atomic E-state index is 0. The van der Waals surface area contributed by atoms with Gasteiger partial charge in [-0.2, -0.15) is 5.06 Å². The largest absolute Gasteiger partial charge is 0.388 e. The van der Waals surface area contributed by atoms with Gasteiger partial charge in [0.1, 0.15) is 0 Å². The predicted octanol–water partition coefficient (Wildman–Crippen LogP) is 7.12. The molecule has 0 spiro atoms. The summed E-state index contributed by atoms with van der Waals surface area (Å²) in [6.07, 6.45) is -0.345. The lowest BCUT2D eigenvalue weighted by Gasteiger charge is -2.18. The third-order valence-corrected chi connectivity index (χ3v) is 6.99. The van der Waals surface area contributed by atoms with Crippen LogP contribution in [-0.4, -0.2) is 32.6 Å². The number of hydroxylamine groups is 3. The number of amides is 4. The molecule has 0 aliphatic carbocycles. The molecule has 0 aliphatic heterocycles. The minimum atomic E-state index is -0.940. The summed E-state index contributed by atoms with van der Waals surface area (Å²) in [6.45, 7) is 3.53. The van der Waals surface area contributed by atoms with Crippen LogP contribution in [0.3, 0.4) is 0 Å². The fourth-order valence-corrected chi connectivity index (χ4v) is 4.83. The molecule has 14 heteroatoms. The average Bonchev–Trinajstić information content (AvgIpc) is 3.49. The third-order valence-electron chi connectivity index (χ3n) is 4.42. The van der Waals surface area contributed by atoms with E-state index in [2.05, 4.69) is 55.1 Å². The number of urea groups is 2. The number of carbonyl (C=O) groups excluding carboxylic acids is 2. The molecule has 4 rings (SSSR count). The molecule has 2 atom stereocenters. The predicted molar refractivity (Wildman–Crippen MR) is 174 cm³/mol. The van der Waals surface area contributed by atoms with Crippen LogP contribution in [0.25, 0.3) is 20.2 Å². The summed E-state index contributed by atoms with van der Waals surface area (Å²) in [7, 11) is 0. The maximum absolute atomic E-state index is 10.8. The van der Waals surface area contributed by atoms with Crippen LogP contribution in [0.4, 0.5) is 9.59 Å². The second kappa shape index (κ2) is 18.3. The molecule has 8 N–H and O–H groups in total. The van der Waals surface area contributed by atoms with Crippen LogP contribution in [0, 0.1) is 0 Å². The van der Waals surface area contributed by atoms with Gasteiger partial charge in [0.25, 0.3) is 0 Å². The van der Waals surface area contributed by atoms with E-state index in [1.54, 1.807) is 36.5 Å². The van der Waals surface area contributed by atoms with Crippen molar-refractivity contribution in [3.05, 3.63) is 70.4 Å². The lowest BCUT2D eigenvalue weighted by molar-refractivity contribution is -0.0700. The quantitative estimate of drug-likeness (QED) is 0.0734. The van der Waals surface area contributed by atoms with Crippen LogP contribution in [0.1, 0.15) is 35.7 Å². The van der Waals surface area contributed by atoms with E-state index in [4.69, 9.17) is 10.9 Å². The van der Waals surface area contributed by atoms with Gasteiger partial charge in [-0.15, -0.1) is 46.7 Å². The van der Waals surface area contributed by atoms with Gasteiger partial charge in [0, 0.05) is 56.4 Å². The molecule has 2 aromatic heterocycles. The molecule has 0 saturated heterocycles. The van der Waals surface area contributed by atoms with Crippen molar-refractivity contribution >= 4 is 116 Å².